The summed E-state index contributed by atoms with van der Waals surface area (Å²) in [6.07, 6.45) is 2.41. The highest BCUT2D eigenvalue weighted by atomic mass is 35.5. The van der Waals surface area contributed by atoms with Gasteiger partial charge in [0, 0.05) is 25.3 Å². The number of aromatic nitrogens is 1. The number of hydrogen-bond donors (Lipinski definition) is 1. The van der Waals surface area contributed by atoms with Crippen LogP contribution in [0.3, 0.4) is 0 Å². The van der Waals surface area contributed by atoms with Crippen LogP contribution >= 0.6 is 11.6 Å². The third-order valence-corrected chi connectivity index (χ3v) is 4.16. The average molecular weight is 327 g/mol. The van der Waals surface area contributed by atoms with E-state index in [9.17, 15) is 10.1 Å². The first-order chi connectivity index (χ1) is 11.2. The Morgan fingerprint density at radius 3 is 2.96 bits per heavy atom. The predicted molar refractivity (Wildman–Crippen MR) is 88.3 cm³/mol. The number of pyridine rings is 1. The first-order valence-electron chi connectivity index (χ1n) is 7.34. The van der Waals surface area contributed by atoms with Crippen molar-refractivity contribution in [2.24, 2.45) is 0 Å². The van der Waals surface area contributed by atoms with Crippen LogP contribution in [0.2, 0.25) is 5.02 Å². The largest absolute Gasteiger partial charge is 0.378 e. The number of nitrogens with zero attached hydrogens (tertiary/aromatic N) is 3. The third kappa shape index (κ3) is 3.27. The van der Waals surface area contributed by atoms with Crippen LogP contribution in [0.1, 0.15) is 22.5 Å². The second kappa shape index (κ2) is 6.67. The highest BCUT2D eigenvalue weighted by Crippen LogP contribution is 2.28. The van der Waals surface area contributed by atoms with Crippen LogP contribution in [-0.4, -0.2) is 34.9 Å². The van der Waals surface area contributed by atoms with E-state index in [1.165, 1.54) is 0 Å². The van der Waals surface area contributed by atoms with Crippen LogP contribution in [0.15, 0.2) is 42.6 Å². The number of halogens is 1. The minimum absolute atomic E-state index is 0.0645. The first-order valence-corrected chi connectivity index (χ1v) is 7.72. The molecule has 1 fully saturated rings. The van der Waals surface area contributed by atoms with Crippen LogP contribution in [0, 0.1) is 11.3 Å². The highest BCUT2D eigenvalue weighted by Gasteiger charge is 2.28. The monoisotopic (exact) mass is 326 g/mol. The number of rotatable bonds is 3. The lowest BCUT2D eigenvalue weighted by Crippen LogP contribution is -2.32. The topological polar surface area (TPSA) is 69.0 Å². The molecule has 2 heterocycles. The smallest absolute Gasteiger partial charge is 0.272 e. The number of carbonyl (C=O) groups excluding carboxylic acids is 1. The van der Waals surface area contributed by atoms with Crippen LogP contribution < -0.4 is 5.32 Å². The molecule has 0 unspecified atom stereocenters. The van der Waals surface area contributed by atoms with Crippen molar-refractivity contribution >= 4 is 23.2 Å². The molecule has 1 N–H and O–H groups in total. The maximum absolute atomic E-state index is 12.4. The van der Waals surface area contributed by atoms with Gasteiger partial charge in [0.25, 0.3) is 5.91 Å². The Labute approximate surface area is 139 Å². The molecule has 1 aromatic heterocycles. The van der Waals surface area contributed by atoms with Crippen molar-refractivity contribution in [3.8, 4) is 6.07 Å². The number of benzene rings is 1. The number of anilines is 1. The molecule has 1 aromatic carbocycles. The lowest BCUT2D eigenvalue weighted by Gasteiger charge is -2.18. The predicted octanol–water partition coefficient (Wildman–Crippen LogP) is 2.93. The van der Waals surface area contributed by atoms with Crippen molar-refractivity contribution in [3.63, 3.8) is 0 Å². The van der Waals surface area contributed by atoms with Gasteiger partial charge in [0.2, 0.25) is 0 Å². The molecule has 23 heavy (non-hydrogen) atoms. The zero-order valence-electron chi connectivity index (χ0n) is 12.4. The summed E-state index contributed by atoms with van der Waals surface area (Å²) >= 11 is 6.18. The molecule has 3 rings (SSSR count). The number of hydrogen-bond acceptors (Lipinski definition) is 4. The standard InChI is InChI=1S/C17H15ClN4O/c18-14-5-3-4-12(10-19)16(14)21-13-7-9-22(11-13)17(23)15-6-1-2-8-20-15/h1-6,8,13,21H,7,9,11H2/t13-/m1/s1. The third-order valence-electron chi connectivity index (χ3n) is 3.84. The summed E-state index contributed by atoms with van der Waals surface area (Å²) in [7, 11) is 0. The maximum Gasteiger partial charge on any atom is 0.272 e. The van der Waals surface area contributed by atoms with E-state index < -0.39 is 0 Å². The average Bonchev–Trinajstić information content (AvgIpc) is 3.05. The van der Waals surface area contributed by atoms with Crippen molar-refractivity contribution in [2.75, 3.05) is 18.4 Å². The number of carbonyl (C=O) groups is 1. The van der Waals surface area contributed by atoms with Gasteiger partial charge in [-0.15, -0.1) is 0 Å². The number of nitriles is 1. The second-order valence-electron chi connectivity index (χ2n) is 5.37. The maximum atomic E-state index is 12.4. The SMILES string of the molecule is N#Cc1cccc(Cl)c1N[C@@H]1CCN(C(=O)c2ccccn2)C1. The molecule has 1 atom stereocenters. The van der Waals surface area contributed by atoms with Gasteiger partial charge in [0.05, 0.1) is 16.3 Å². The van der Waals surface area contributed by atoms with Crippen LogP contribution in [-0.2, 0) is 0 Å². The summed E-state index contributed by atoms with van der Waals surface area (Å²) < 4.78 is 0. The van der Waals surface area contributed by atoms with Gasteiger partial charge in [-0.1, -0.05) is 23.7 Å². The molecule has 1 saturated heterocycles. The van der Waals surface area contributed by atoms with E-state index >= 15 is 0 Å². The van der Waals surface area contributed by atoms with E-state index in [-0.39, 0.29) is 11.9 Å². The van der Waals surface area contributed by atoms with Crippen molar-refractivity contribution in [1.29, 1.82) is 5.26 Å². The normalized spacial score (nSPS) is 16.9. The molecule has 1 aliphatic heterocycles. The molecule has 2 aromatic rings. The second-order valence-corrected chi connectivity index (χ2v) is 5.78. The van der Waals surface area contributed by atoms with Gasteiger partial charge in [-0.2, -0.15) is 5.26 Å². The van der Waals surface area contributed by atoms with Crippen molar-refractivity contribution in [3.05, 3.63) is 58.9 Å². The molecule has 0 saturated carbocycles. The first kappa shape index (κ1) is 15.3. The lowest BCUT2D eigenvalue weighted by molar-refractivity contribution is 0.0786. The van der Waals surface area contributed by atoms with Gasteiger partial charge < -0.3 is 10.2 Å². The quantitative estimate of drug-likeness (QED) is 0.941. The molecule has 116 valence electrons. The molecule has 0 spiro atoms. The Morgan fingerprint density at radius 2 is 2.22 bits per heavy atom. The lowest BCUT2D eigenvalue weighted by atomic mass is 10.1. The summed E-state index contributed by atoms with van der Waals surface area (Å²) in [5.74, 6) is -0.0745. The molecule has 6 heteroatoms. The minimum Gasteiger partial charge on any atom is -0.378 e. The van der Waals surface area contributed by atoms with E-state index in [4.69, 9.17) is 11.6 Å². The number of amides is 1. The summed E-state index contributed by atoms with van der Waals surface area (Å²) in [6.45, 7) is 1.21. The van der Waals surface area contributed by atoms with E-state index in [1.807, 2.05) is 0 Å². The summed E-state index contributed by atoms with van der Waals surface area (Å²) in [4.78, 5) is 18.3. The van der Waals surface area contributed by atoms with E-state index in [1.54, 1.807) is 47.5 Å². The molecule has 1 amide bonds. The van der Waals surface area contributed by atoms with Gasteiger partial charge in [-0.05, 0) is 30.7 Å². The fraction of sp³-hybridized carbons (Fsp3) is 0.235. The molecule has 0 aliphatic carbocycles. The van der Waals surface area contributed by atoms with Gasteiger partial charge in [-0.3, -0.25) is 9.78 Å². The summed E-state index contributed by atoms with van der Waals surface area (Å²) in [5.41, 5.74) is 1.59. The fourth-order valence-electron chi connectivity index (χ4n) is 2.68. The zero-order chi connectivity index (χ0) is 16.2. The molecule has 1 aliphatic rings. The molecular weight excluding hydrogens is 312 g/mol. The molecule has 5 nitrogen and oxygen atoms in total. The van der Waals surface area contributed by atoms with Crippen LogP contribution in [0.25, 0.3) is 0 Å². The fourth-order valence-corrected chi connectivity index (χ4v) is 2.91. The van der Waals surface area contributed by atoms with Gasteiger partial charge in [0.1, 0.15) is 11.8 Å². The van der Waals surface area contributed by atoms with E-state index in [0.717, 1.165) is 6.42 Å². The van der Waals surface area contributed by atoms with Gasteiger partial charge in [-0.25, -0.2) is 0 Å². The van der Waals surface area contributed by atoms with Crippen molar-refractivity contribution < 1.29 is 4.79 Å². The highest BCUT2D eigenvalue weighted by molar-refractivity contribution is 6.33. The Bertz CT molecular complexity index is 757. The zero-order valence-corrected chi connectivity index (χ0v) is 13.1. The van der Waals surface area contributed by atoms with Crippen molar-refractivity contribution in [1.82, 2.24) is 9.88 Å². The number of likely N-dealkylation sites (tertiary alicyclic amines) is 1. The molecule has 0 radical (unpaired) electrons. The minimum atomic E-state index is -0.0745. The Morgan fingerprint density at radius 1 is 1.35 bits per heavy atom. The number of para-hydroxylation sites is 1. The molecule has 0 bridgehead atoms. The summed E-state index contributed by atoms with van der Waals surface area (Å²) in [5, 5.41) is 13.0. The Hall–Kier alpha value is -2.58. The van der Waals surface area contributed by atoms with Crippen molar-refractivity contribution in [2.45, 2.75) is 12.5 Å². The van der Waals surface area contributed by atoms with Gasteiger partial charge in [0.15, 0.2) is 0 Å². The number of nitrogens with one attached hydrogen (secondary N) is 1. The van der Waals surface area contributed by atoms with E-state index in [0.29, 0.717) is 35.1 Å². The Balaban J connectivity index is 1.70. The molecular formula is C17H15ClN4O. The summed E-state index contributed by atoms with van der Waals surface area (Å²) in [6, 6.07) is 12.7. The Kier molecular flexibility index (Phi) is 4.45. The van der Waals surface area contributed by atoms with Crippen LogP contribution in [0.4, 0.5) is 5.69 Å². The van der Waals surface area contributed by atoms with E-state index in [2.05, 4.69) is 16.4 Å². The van der Waals surface area contributed by atoms with Crippen LogP contribution in [0.5, 0.6) is 0 Å². The van der Waals surface area contributed by atoms with Gasteiger partial charge >= 0.3 is 0 Å².